The average Bonchev–Trinajstić information content (AvgIpc) is 2.62. The van der Waals surface area contributed by atoms with Gasteiger partial charge in [0.2, 0.25) is 5.91 Å². The number of nitrogens with zero attached hydrogens (tertiary/aromatic N) is 2. The predicted octanol–water partition coefficient (Wildman–Crippen LogP) is 5.04. The number of amides is 2. The van der Waals surface area contributed by atoms with Crippen LogP contribution in [0.3, 0.4) is 0 Å². The van der Waals surface area contributed by atoms with Gasteiger partial charge < -0.3 is 14.5 Å². The zero-order valence-corrected chi connectivity index (χ0v) is 19.6. The molecule has 1 fully saturated rings. The molecule has 0 bridgehead atoms. The highest BCUT2D eigenvalue weighted by Crippen LogP contribution is 2.28. The lowest BCUT2D eigenvalue weighted by atomic mass is 9.97. The van der Waals surface area contributed by atoms with Gasteiger partial charge in [0.05, 0.1) is 0 Å². The number of ether oxygens (including phenoxy) is 1. The van der Waals surface area contributed by atoms with E-state index in [1.54, 1.807) is 23.7 Å². The molecule has 2 rings (SSSR count). The summed E-state index contributed by atoms with van der Waals surface area (Å²) in [6, 6.07) is 8.07. The molecular formula is C21H31BrN2O3S. The van der Waals surface area contributed by atoms with E-state index in [0.717, 1.165) is 34.5 Å². The topological polar surface area (TPSA) is 49.9 Å². The van der Waals surface area contributed by atoms with Crippen molar-refractivity contribution in [3.05, 3.63) is 28.7 Å². The molecule has 0 N–H and O–H groups in total. The van der Waals surface area contributed by atoms with Crippen LogP contribution in [0.5, 0.6) is 0 Å². The van der Waals surface area contributed by atoms with Crippen molar-refractivity contribution in [2.45, 2.75) is 50.5 Å². The van der Waals surface area contributed by atoms with Crippen LogP contribution in [0.4, 0.5) is 4.79 Å². The summed E-state index contributed by atoms with van der Waals surface area (Å²) in [4.78, 5) is 29.5. The minimum atomic E-state index is -0.495. The minimum absolute atomic E-state index is 0.198. The quantitative estimate of drug-likeness (QED) is 0.546. The number of carbonyl (C=O) groups excluding carboxylic acids is 2. The summed E-state index contributed by atoms with van der Waals surface area (Å²) in [7, 11) is 1.77. The first-order valence-corrected chi connectivity index (χ1v) is 11.5. The van der Waals surface area contributed by atoms with Crippen molar-refractivity contribution in [1.29, 1.82) is 0 Å². The summed E-state index contributed by atoms with van der Waals surface area (Å²) < 4.78 is 6.49. The minimum Gasteiger partial charge on any atom is -0.444 e. The van der Waals surface area contributed by atoms with Crippen molar-refractivity contribution >= 4 is 39.7 Å². The molecule has 0 aliphatic carbocycles. The molecule has 0 saturated carbocycles. The van der Waals surface area contributed by atoms with E-state index in [9.17, 15) is 9.59 Å². The van der Waals surface area contributed by atoms with Crippen LogP contribution in [0, 0.1) is 5.92 Å². The molecule has 1 unspecified atom stereocenters. The number of hydrogen-bond acceptors (Lipinski definition) is 4. The number of rotatable bonds is 6. The number of likely N-dealkylation sites (tertiary alicyclic amines) is 1. The van der Waals surface area contributed by atoms with Crippen LogP contribution in [0.15, 0.2) is 33.6 Å². The molecular weight excluding hydrogens is 440 g/mol. The third kappa shape index (κ3) is 7.66. The van der Waals surface area contributed by atoms with Crippen molar-refractivity contribution in [2.24, 2.45) is 5.92 Å². The van der Waals surface area contributed by atoms with Gasteiger partial charge in [-0.1, -0.05) is 12.1 Å². The van der Waals surface area contributed by atoms with Crippen molar-refractivity contribution < 1.29 is 14.3 Å². The molecule has 156 valence electrons. The Bertz CT molecular complexity index is 678. The van der Waals surface area contributed by atoms with Crippen molar-refractivity contribution in [3.8, 4) is 0 Å². The van der Waals surface area contributed by atoms with E-state index in [1.807, 2.05) is 43.9 Å². The van der Waals surface area contributed by atoms with E-state index >= 15 is 0 Å². The normalized spacial score (nSPS) is 17.3. The molecule has 2 amide bonds. The van der Waals surface area contributed by atoms with E-state index in [1.165, 1.54) is 0 Å². The number of halogens is 1. The maximum absolute atomic E-state index is 12.6. The Hall–Kier alpha value is -1.21. The molecule has 1 aromatic carbocycles. The maximum atomic E-state index is 12.6. The molecule has 1 atom stereocenters. The highest BCUT2D eigenvalue weighted by atomic mass is 79.9. The van der Waals surface area contributed by atoms with Crippen LogP contribution in [0.25, 0.3) is 0 Å². The summed E-state index contributed by atoms with van der Waals surface area (Å²) in [6.45, 7) is 7.74. The van der Waals surface area contributed by atoms with Gasteiger partial charge in [-0.2, -0.15) is 0 Å². The Morgan fingerprint density at radius 2 is 2.04 bits per heavy atom. The van der Waals surface area contributed by atoms with Gasteiger partial charge in [0.15, 0.2) is 0 Å². The monoisotopic (exact) mass is 470 g/mol. The predicted molar refractivity (Wildman–Crippen MR) is 118 cm³/mol. The SMILES string of the molecule is CN(CC1CCCN(C(=O)CCSc2ccccc2Br)C1)C(=O)OC(C)(C)C. The van der Waals surface area contributed by atoms with Crippen LogP contribution >= 0.6 is 27.7 Å². The molecule has 5 nitrogen and oxygen atoms in total. The Labute approximate surface area is 181 Å². The molecule has 0 radical (unpaired) electrons. The number of benzene rings is 1. The van der Waals surface area contributed by atoms with Crippen molar-refractivity contribution in [1.82, 2.24) is 9.80 Å². The standard InChI is InChI=1S/C21H31BrN2O3S/c1-21(2,3)27-20(26)23(4)14-16-8-7-12-24(15-16)19(25)11-13-28-18-10-6-5-9-17(18)22/h5-6,9-10,16H,7-8,11-15H2,1-4H3. The van der Waals surface area contributed by atoms with Gasteiger partial charge in [0.25, 0.3) is 0 Å². The molecule has 1 heterocycles. The highest BCUT2D eigenvalue weighted by Gasteiger charge is 2.27. The lowest BCUT2D eigenvalue weighted by Gasteiger charge is -2.35. The molecule has 1 aliphatic heterocycles. The van der Waals surface area contributed by atoms with Crippen molar-refractivity contribution in [3.63, 3.8) is 0 Å². The summed E-state index contributed by atoms with van der Waals surface area (Å²) >= 11 is 5.24. The Kier molecular flexibility index (Phi) is 8.68. The maximum Gasteiger partial charge on any atom is 0.410 e. The second kappa shape index (κ2) is 10.5. The summed E-state index contributed by atoms with van der Waals surface area (Å²) in [6.07, 6.45) is 2.24. The fourth-order valence-corrected chi connectivity index (χ4v) is 4.72. The Morgan fingerprint density at radius 1 is 1.32 bits per heavy atom. The lowest BCUT2D eigenvalue weighted by Crippen LogP contribution is -2.45. The van der Waals surface area contributed by atoms with Crippen LogP contribution < -0.4 is 0 Å². The third-order valence-corrected chi connectivity index (χ3v) is 6.55. The van der Waals surface area contributed by atoms with Gasteiger partial charge in [-0.3, -0.25) is 4.79 Å². The molecule has 0 aromatic heterocycles. The second-order valence-electron chi connectivity index (χ2n) is 8.24. The Morgan fingerprint density at radius 3 is 2.71 bits per heavy atom. The average molecular weight is 471 g/mol. The molecule has 28 heavy (non-hydrogen) atoms. The van der Waals surface area contributed by atoms with Gasteiger partial charge in [-0.15, -0.1) is 11.8 Å². The smallest absolute Gasteiger partial charge is 0.410 e. The molecule has 1 aromatic rings. The van der Waals surface area contributed by atoms with Gasteiger partial charge in [-0.05, 0) is 67.6 Å². The fourth-order valence-electron chi connectivity index (χ4n) is 3.21. The van der Waals surface area contributed by atoms with E-state index < -0.39 is 5.60 Å². The van der Waals surface area contributed by atoms with E-state index in [-0.39, 0.29) is 12.0 Å². The van der Waals surface area contributed by atoms with Crippen LogP contribution in [0.1, 0.15) is 40.0 Å². The first-order chi connectivity index (χ1) is 13.2. The molecule has 1 aliphatic rings. The van der Waals surface area contributed by atoms with E-state index in [2.05, 4.69) is 22.0 Å². The molecule has 0 spiro atoms. The lowest BCUT2D eigenvalue weighted by molar-refractivity contribution is -0.132. The number of hydrogen-bond donors (Lipinski definition) is 0. The largest absolute Gasteiger partial charge is 0.444 e. The van der Waals surface area contributed by atoms with Crippen LogP contribution in [-0.4, -0.2) is 59.8 Å². The van der Waals surface area contributed by atoms with E-state index in [4.69, 9.17) is 4.74 Å². The van der Waals surface area contributed by atoms with Gasteiger partial charge >= 0.3 is 6.09 Å². The zero-order valence-electron chi connectivity index (χ0n) is 17.2. The fraction of sp³-hybridized carbons (Fsp3) is 0.619. The molecule has 7 heteroatoms. The third-order valence-electron chi connectivity index (χ3n) is 4.52. The molecule has 1 saturated heterocycles. The number of carbonyl (C=O) groups is 2. The van der Waals surface area contributed by atoms with E-state index in [0.29, 0.717) is 25.4 Å². The van der Waals surface area contributed by atoms with Gasteiger partial charge in [0, 0.05) is 48.2 Å². The second-order valence-corrected chi connectivity index (χ2v) is 10.2. The van der Waals surface area contributed by atoms with Crippen molar-refractivity contribution in [2.75, 3.05) is 32.4 Å². The van der Waals surface area contributed by atoms with Gasteiger partial charge in [0.1, 0.15) is 5.60 Å². The highest BCUT2D eigenvalue weighted by molar-refractivity contribution is 9.10. The van der Waals surface area contributed by atoms with Crippen LogP contribution in [0.2, 0.25) is 0 Å². The summed E-state index contributed by atoms with van der Waals surface area (Å²) in [5.41, 5.74) is -0.495. The Balaban J connectivity index is 1.77. The van der Waals surface area contributed by atoms with Gasteiger partial charge in [-0.25, -0.2) is 4.79 Å². The zero-order chi connectivity index (χ0) is 20.7. The number of piperidine rings is 1. The first-order valence-electron chi connectivity index (χ1n) is 9.75. The first kappa shape index (κ1) is 23.1. The number of thioether (sulfide) groups is 1. The van der Waals surface area contributed by atoms with Crippen LogP contribution in [-0.2, 0) is 9.53 Å². The summed E-state index contributed by atoms with van der Waals surface area (Å²) in [5.74, 6) is 1.26. The summed E-state index contributed by atoms with van der Waals surface area (Å²) in [5, 5.41) is 0.